The number of piperazine rings is 1. The summed E-state index contributed by atoms with van der Waals surface area (Å²) in [6.45, 7) is 4.67. The van der Waals surface area contributed by atoms with Crippen LogP contribution < -0.4 is 20.8 Å². The van der Waals surface area contributed by atoms with Gasteiger partial charge in [-0.3, -0.25) is 15.1 Å². The van der Waals surface area contributed by atoms with Crippen LogP contribution in [0.25, 0.3) is 0 Å². The number of carbonyl (C=O) groups is 2. The van der Waals surface area contributed by atoms with Gasteiger partial charge < -0.3 is 29.8 Å². The maximum atomic E-state index is 11.5. The molecule has 1 aromatic carbocycles. The van der Waals surface area contributed by atoms with E-state index in [2.05, 4.69) is 20.2 Å². The van der Waals surface area contributed by atoms with Crippen molar-refractivity contribution >= 4 is 40.8 Å². The Morgan fingerprint density at radius 2 is 2.05 bits per heavy atom. The van der Waals surface area contributed by atoms with Gasteiger partial charge in [-0.1, -0.05) is 11.8 Å². The maximum Gasteiger partial charge on any atom is 0.341 e. The molecule has 1 saturated heterocycles. The fourth-order valence-electron chi connectivity index (χ4n) is 4.57. The van der Waals surface area contributed by atoms with Crippen LogP contribution in [0.4, 0.5) is 5.69 Å². The van der Waals surface area contributed by atoms with Gasteiger partial charge >= 0.3 is 5.97 Å². The number of anilines is 1. The summed E-state index contributed by atoms with van der Waals surface area (Å²) in [6, 6.07) is 11.1. The lowest BCUT2D eigenvalue weighted by molar-refractivity contribution is -0.139. The average molecular weight is 555 g/mol. The molecular weight excluding hydrogens is 524 g/mol. The fraction of sp³-hybridized carbons (Fsp3) is 0.360. The maximum absolute atomic E-state index is 11.5. The van der Waals surface area contributed by atoms with E-state index < -0.39 is 12.1 Å². The second-order valence-electron chi connectivity index (χ2n) is 9.11. The monoisotopic (exact) mass is 554 g/mol. The highest BCUT2D eigenvalue weighted by Crippen LogP contribution is 2.33. The van der Waals surface area contributed by atoms with E-state index in [1.807, 2.05) is 24.1 Å². The number of nitrogens with two attached hydrogens (primary N) is 1. The molecule has 0 saturated carbocycles. The molecule has 4 heterocycles. The number of hydrazine groups is 1. The number of nitrogens with one attached hydrogen (secondary N) is 1. The summed E-state index contributed by atoms with van der Waals surface area (Å²) in [7, 11) is 1.94. The Bertz CT molecular complexity index is 1270. The van der Waals surface area contributed by atoms with Crippen molar-refractivity contribution < 1.29 is 23.8 Å². The van der Waals surface area contributed by atoms with Gasteiger partial charge in [0.2, 0.25) is 5.96 Å². The molecule has 3 aliphatic heterocycles. The van der Waals surface area contributed by atoms with Gasteiger partial charge in [0, 0.05) is 52.0 Å². The number of rotatable bonds is 11. The smallest absolute Gasteiger partial charge is 0.341 e. The van der Waals surface area contributed by atoms with Crippen molar-refractivity contribution in [1.29, 1.82) is 0 Å². The van der Waals surface area contributed by atoms with Crippen molar-refractivity contribution in [3.8, 4) is 5.75 Å². The minimum Gasteiger partial charge on any atom is -0.482 e. The summed E-state index contributed by atoms with van der Waals surface area (Å²) in [4.78, 5) is 38.9. The molecule has 1 unspecified atom stereocenters. The van der Waals surface area contributed by atoms with Gasteiger partial charge in [0.05, 0.1) is 11.2 Å². The number of fused-ring (bicyclic) bond motifs is 1. The average Bonchev–Trinajstić information content (AvgIpc) is 3.64. The highest BCUT2D eigenvalue weighted by Gasteiger charge is 2.38. The van der Waals surface area contributed by atoms with Gasteiger partial charge in [-0.2, -0.15) is 4.99 Å². The first-order valence-electron chi connectivity index (χ1n) is 12.4. The first-order chi connectivity index (χ1) is 18.9. The number of carboxylic acid groups (broad SMARTS) is 1. The summed E-state index contributed by atoms with van der Waals surface area (Å²) < 4.78 is 10.7. The topological polar surface area (TPSA) is 152 Å². The van der Waals surface area contributed by atoms with Crippen LogP contribution in [-0.4, -0.2) is 102 Å². The molecule has 0 bridgehead atoms. The molecule has 206 valence electrons. The number of likely N-dealkylation sites (N-methyl/N-ethyl adjacent to an activating group) is 1. The van der Waals surface area contributed by atoms with Crippen molar-refractivity contribution in [3.63, 3.8) is 0 Å². The number of hydrogen-bond donors (Lipinski definition) is 3. The molecule has 39 heavy (non-hydrogen) atoms. The van der Waals surface area contributed by atoms with Gasteiger partial charge in [0.25, 0.3) is 0 Å². The molecule has 14 heteroatoms. The molecule has 0 aliphatic carbocycles. The third kappa shape index (κ3) is 5.96. The number of hydrogen-bond acceptors (Lipinski definition) is 13. The van der Waals surface area contributed by atoms with Crippen LogP contribution in [-0.2, 0) is 9.59 Å². The van der Waals surface area contributed by atoms with Gasteiger partial charge in [-0.05, 0) is 36.4 Å². The Balaban J connectivity index is 1.18. The number of aliphatic imine (C=N–C) groups is 2. The van der Waals surface area contributed by atoms with Crippen molar-refractivity contribution in [2.75, 3.05) is 57.8 Å². The predicted octanol–water partition coefficient (Wildman–Crippen LogP) is 0.811. The van der Waals surface area contributed by atoms with Crippen molar-refractivity contribution in [2.45, 2.75) is 6.17 Å². The second kappa shape index (κ2) is 11.7. The van der Waals surface area contributed by atoms with E-state index in [0.29, 0.717) is 34.6 Å². The van der Waals surface area contributed by atoms with E-state index in [-0.39, 0.29) is 12.6 Å². The molecular formula is C25H30N8O5S. The predicted molar refractivity (Wildman–Crippen MR) is 148 cm³/mol. The molecule has 5 rings (SSSR count). The molecule has 1 fully saturated rings. The van der Waals surface area contributed by atoms with Crippen molar-refractivity contribution in [3.05, 3.63) is 59.1 Å². The van der Waals surface area contributed by atoms with Crippen LogP contribution in [0.3, 0.4) is 0 Å². The lowest BCUT2D eigenvalue weighted by Crippen LogP contribution is -2.52. The van der Waals surface area contributed by atoms with Crippen LogP contribution in [0.15, 0.2) is 67.8 Å². The number of thioether (sulfide) groups is 1. The second-order valence-corrected chi connectivity index (χ2v) is 9.98. The van der Waals surface area contributed by atoms with Crippen LogP contribution in [0.2, 0.25) is 0 Å². The molecule has 2 aromatic rings. The summed E-state index contributed by atoms with van der Waals surface area (Å²) in [5, 5.41) is 10.4. The molecule has 1 aromatic heterocycles. The zero-order chi connectivity index (χ0) is 27.4. The minimum atomic E-state index is -1.00. The summed E-state index contributed by atoms with van der Waals surface area (Å²) in [5.41, 5.74) is 11.2. The Labute approximate surface area is 229 Å². The van der Waals surface area contributed by atoms with E-state index in [1.165, 1.54) is 0 Å². The van der Waals surface area contributed by atoms with Crippen LogP contribution >= 0.6 is 11.8 Å². The molecule has 4 N–H and O–H groups in total. The summed E-state index contributed by atoms with van der Waals surface area (Å²) in [6.07, 6.45) is 1.06. The minimum absolute atomic E-state index is 0.260. The van der Waals surface area contributed by atoms with Gasteiger partial charge in [0.15, 0.2) is 30.0 Å². The number of amidine groups is 1. The number of carbonyl (C=O) groups excluding carboxylic acids is 1. The quantitative estimate of drug-likeness (QED) is 0.337. The first kappa shape index (κ1) is 26.4. The van der Waals surface area contributed by atoms with E-state index in [1.54, 1.807) is 35.5 Å². The van der Waals surface area contributed by atoms with Gasteiger partial charge in [0.1, 0.15) is 11.6 Å². The third-order valence-electron chi connectivity index (χ3n) is 6.62. The SMILES string of the molecule is CN(CCN1CCN(c2ccc(OCC(=O)O)cc2)CC1)C1=C(SC=O)C2N=C(c3ccco3)NN2C(N)=N1. The highest BCUT2D eigenvalue weighted by atomic mass is 32.2. The number of aliphatic carboxylic acids is 1. The van der Waals surface area contributed by atoms with E-state index in [4.69, 9.17) is 25.0 Å². The number of benzene rings is 1. The zero-order valence-electron chi connectivity index (χ0n) is 21.4. The van der Waals surface area contributed by atoms with Crippen molar-refractivity contribution in [1.82, 2.24) is 20.2 Å². The molecule has 0 amide bonds. The lowest BCUT2D eigenvalue weighted by atomic mass is 10.2. The Morgan fingerprint density at radius 3 is 2.72 bits per heavy atom. The lowest BCUT2D eigenvalue weighted by Gasteiger charge is -2.37. The van der Waals surface area contributed by atoms with E-state index >= 15 is 0 Å². The number of furan rings is 1. The number of carboxylic acids is 1. The largest absolute Gasteiger partial charge is 0.482 e. The Morgan fingerprint density at radius 1 is 1.28 bits per heavy atom. The fourth-order valence-corrected chi connectivity index (χ4v) is 5.26. The van der Waals surface area contributed by atoms with Crippen LogP contribution in [0.1, 0.15) is 5.76 Å². The summed E-state index contributed by atoms with van der Waals surface area (Å²) in [5.74, 6) is 1.52. The number of nitrogens with zero attached hydrogens (tertiary/aromatic N) is 6. The van der Waals surface area contributed by atoms with Crippen molar-refractivity contribution in [2.24, 2.45) is 15.7 Å². The van der Waals surface area contributed by atoms with E-state index in [9.17, 15) is 9.59 Å². The molecule has 13 nitrogen and oxygen atoms in total. The summed E-state index contributed by atoms with van der Waals surface area (Å²) >= 11 is 1.05. The Hall–Kier alpha value is -4.17. The third-order valence-corrected chi connectivity index (χ3v) is 7.37. The molecule has 0 spiro atoms. The number of ether oxygens (including phenoxy) is 1. The van der Waals surface area contributed by atoms with E-state index in [0.717, 1.165) is 55.8 Å². The molecule has 1 atom stereocenters. The van der Waals surface area contributed by atoms with Gasteiger partial charge in [-0.25, -0.2) is 14.8 Å². The zero-order valence-corrected chi connectivity index (χ0v) is 22.2. The first-order valence-corrected chi connectivity index (χ1v) is 13.3. The Kier molecular flexibility index (Phi) is 7.93. The van der Waals surface area contributed by atoms with Crippen LogP contribution in [0.5, 0.6) is 5.75 Å². The standard InChI is InChI=1S/C25H30N8O5S/c1-30(8-9-31-10-12-32(13-11-31)17-4-6-18(7-5-17)38-15-20(35)36)23-21(39-16-34)24-27-22(19-3-2-14-37-19)29-33(24)25(26)28-23/h2-7,14,16,24H,8-13,15H2,1H3,(H2,26,28)(H,27,29)(H,35,36). The van der Waals surface area contributed by atoms with Gasteiger partial charge in [-0.15, -0.1) is 0 Å². The number of guanidine groups is 1. The highest BCUT2D eigenvalue weighted by molar-refractivity contribution is 8.15. The van der Waals surface area contributed by atoms with Crippen LogP contribution in [0, 0.1) is 0 Å². The molecule has 0 radical (unpaired) electrons. The molecule has 3 aliphatic rings. The normalized spacial score (nSPS) is 19.3.